The molecule has 3 aromatic carbocycles. The summed E-state index contributed by atoms with van der Waals surface area (Å²) in [7, 11) is 0. The summed E-state index contributed by atoms with van der Waals surface area (Å²) in [5.74, 6) is -0.00527. The number of para-hydroxylation sites is 2. The Bertz CT molecular complexity index is 1030. The first kappa shape index (κ1) is 16.7. The third kappa shape index (κ3) is 3.30. The zero-order chi connectivity index (χ0) is 17.9. The van der Waals surface area contributed by atoms with Crippen molar-refractivity contribution in [3.05, 3.63) is 66.7 Å². The van der Waals surface area contributed by atoms with E-state index in [9.17, 15) is 4.79 Å². The van der Waals surface area contributed by atoms with Gasteiger partial charge in [0.25, 0.3) is 0 Å². The lowest BCUT2D eigenvalue weighted by atomic mass is 10.1. The lowest BCUT2D eigenvalue weighted by molar-refractivity contribution is -0.115. The van der Waals surface area contributed by atoms with Gasteiger partial charge in [0.15, 0.2) is 5.16 Å². The SMILES string of the molecule is CCC(Sc1nc2ccccc2[nH]1)C(=O)Nc1cccc2ccccc12. The van der Waals surface area contributed by atoms with E-state index in [0.29, 0.717) is 0 Å². The van der Waals surface area contributed by atoms with E-state index in [0.717, 1.165) is 39.1 Å². The van der Waals surface area contributed by atoms with Gasteiger partial charge in [0, 0.05) is 11.1 Å². The minimum absolute atomic E-state index is 0.00527. The molecule has 0 fully saturated rings. The van der Waals surface area contributed by atoms with Gasteiger partial charge in [-0.2, -0.15) is 0 Å². The van der Waals surface area contributed by atoms with E-state index in [1.807, 2.05) is 73.7 Å². The predicted molar refractivity (Wildman–Crippen MR) is 109 cm³/mol. The number of thioether (sulfide) groups is 1. The molecular formula is C21H19N3OS. The largest absolute Gasteiger partial charge is 0.333 e. The average molecular weight is 361 g/mol. The zero-order valence-electron chi connectivity index (χ0n) is 14.4. The van der Waals surface area contributed by atoms with Crippen molar-refractivity contribution in [3.63, 3.8) is 0 Å². The van der Waals surface area contributed by atoms with E-state index in [1.54, 1.807) is 0 Å². The highest BCUT2D eigenvalue weighted by molar-refractivity contribution is 8.00. The Morgan fingerprint density at radius 3 is 2.69 bits per heavy atom. The maximum atomic E-state index is 12.8. The summed E-state index contributed by atoms with van der Waals surface area (Å²) >= 11 is 1.47. The van der Waals surface area contributed by atoms with Crippen LogP contribution in [0.15, 0.2) is 71.9 Å². The van der Waals surface area contributed by atoms with Gasteiger partial charge >= 0.3 is 0 Å². The number of aromatic amines is 1. The maximum absolute atomic E-state index is 12.8. The van der Waals surface area contributed by atoms with Crippen LogP contribution >= 0.6 is 11.8 Å². The molecule has 1 amide bonds. The summed E-state index contributed by atoms with van der Waals surface area (Å²) in [6.45, 7) is 2.02. The second-order valence-corrected chi connectivity index (χ2v) is 7.28. The Hall–Kier alpha value is -2.79. The van der Waals surface area contributed by atoms with Gasteiger partial charge in [-0.15, -0.1) is 0 Å². The molecule has 0 saturated carbocycles. The molecule has 0 aliphatic heterocycles. The van der Waals surface area contributed by atoms with Crippen LogP contribution in [0.2, 0.25) is 0 Å². The molecule has 1 unspecified atom stereocenters. The van der Waals surface area contributed by atoms with Crippen LogP contribution in [0.4, 0.5) is 5.69 Å². The fraction of sp³-hybridized carbons (Fsp3) is 0.143. The normalized spacial score (nSPS) is 12.3. The quantitative estimate of drug-likeness (QED) is 0.479. The van der Waals surface area contributed by atoms with Crippen molar-refractivity contribution in [2.24, 2.45) is 0 Å². The van der Waals surface area contributed by atoms with Crippen LogP contribution in [-0.4, -0.2) is 21.1 Å². The minimum Gasteiger partial charge on any atom is -0.333 e. The number of imidazole rings is 1. The molecule has 0 saturated heterocycles. The Balaban J connectivity index is 1.55. The number of carbonyl (C=O) groups excluding carboxylic acids is 1. The van der Waals surface area contributed by atoms with E-state index in [1.165, 1.54) is 11.8 Å². The first-order valence-electron chi connectivity index (χ1n) is 8.64. The minimum atomic E-state index is -0.213. The molecule has 26 heavy (non-hydrogen) atoms. The number of nitrogens with one attached hydrogen (secondary N) is 2. The topological polar surface area (TPSA) is 57.8 Å². The number of carbonyl (C=O) groups is 1. The highest BCUT2D eigenvalue weighted by atomic mass is 32.2. The lowest BCUT2D eigenvalue weighted by Gasteiger charge is -2.14. The Kier molecular flexibility index (Phi) is 4.63. The molecule has 1 heterocycles. The second kappa shape index (κ2) is 7.22. The van der Waals surface area contributed by atoms with Crippen LogP contribution < -0.4 is 5.32 Å². The van der Waals surface area contributed by atoms with Crippen LogP contribution in [0, 0.1) is 0 Å². The zero-order valence-corrected chi connectivity index (χ0v) is 15.2. The molecule has 4 rings (SSSR count). The van der Waals surface area contributed by atoms with Crippen LogP contribution in [0.1, 0.15) is 13.3 Å². The molecule has 0 spiro atoms. The fourth-order valence-electron chi connectivity index (χ4n) is 2.99. The number of rotatable bonds is 5. The van der Waals surface area contributed by atoms with E-state index < -0.39 is 0 Å². The number of benzene rings is 3. The molecule has 1 atom stereocenters. The molecule has 1 aromatic heterocycles. The first-order valence-corrected chi connectivity index (χ1v) is 9.52. The van der Waals surface area contributed by atoms with Crippen molar-refractivity contribution in [1.29, 1.82) is 0 Å². The third-order valence-electron chi connectivity index (χ3n) is 4.33. The number of H-pyrrole nitrogens is 1. The summed E-state index contributed by atoms with van der Waals surface area (Å²) in [5, 5.41) is 5.81. The van der Waals surface area contributed by atoms with Gasteiger partial charge < -0.3 is 10.3 Å². The molecule has 0 aliphatic carbocycles. The van der Waals surface area contributed by atoms with Crippen molar-refractivity contribution in [2.75, 3.05) is 5.32 Å². The lowest BCUT2D eigenvalue weighted by Crippen LogP contribution is -2.24. The molecular weight excluding hydrogens is 342 g/mol. The van der Waals surface area contributed by atoms with E-state index in [-0.39, 0.29) is 11.2 Å². The van der Waals surface area contributed by atoms with Crippen LogP contribution in [0.3, 0.4) is 0 Å². The van der Waals surface area contributed by atoms with Crippen molar-refractivity contribution >= 4 is 45.2 Å². The molecule has 4 aromatic rings. The molecule has 2 N–H and O–H groups in total. The maximum Gasteiger partial charge on any atom is 0.237 e. The molecule has 0 bridgehead atoms. The van der Waals surface area contributed by atoms with Gasteiger partial charge in [-0.1, -0.05) is 67.2 Å². The molecule has 0 aliphatic rings. The van der Waals surface area contributed by atoms with Crippen LogP contribution in [0.5, 0.6) is 0 Å². The van der Waals surface area contributed by atoms with Crippen molar-refractivity contribution < 1.29 is 4.79 Å². The smallest absolute Gasteiger partial charge is 0.237 e. The van der Waals surface area contributed by atoms with Gasteiger partial charge in [-0.05, 0) is 30.0 Å². The summed E-state index contributed by atoms with van der Waals surface area (Å²) < 4.78 is 0. The van der Waals surface area contributed by atoms with Crippen molar-refractivity contribution in [2.45, 2.75) is 23.8 Å². The first-order chi connectivity index (χ1) is 12.7. The molecule has 0 radical (unpaired) electrons. The van der Waals surface area contributed by atoms with E-state index in [2.05, 4.69) is 15.3 Å². The standard InChI is InChI=1S/C21H19N3OS/c1-2-19(26-21-23-17-11-5-6-12-18(17)24-21)20(25)22-16-13-7-9-14-8-3-4-10-15(14)16/h3-13,19H,2H2,1H3,(H,22,25)(H,23,24). The predicted octanol–water partition coefficient (Wildman–Crippen LogP) is 5.23. The van der Waals surface area contributed by atoms with Gasteiger partial charge in [0.1, 0.15) is 0 Å². The number of aromatic nitrogens is 2. The number of hydrogen-bond donors (Lipinski definition) is 2. The second-order valence-electron chi connectivity index (χ2n) is 6.09. The monoisotopic (exact) mass is 361 g/mol. The summed E-state index contributed by atoms with van der Waals surface area (Å²) in [6, 6.07) is 21.9. The number of anilines is 1. The number of fused-ring (bicyclic) bond motifs is 2. The molecule has 5 heteroatoms. The Morgan fingerprint density at radius 1 is 1.08 bits per heavy atom. The van der Waals surface area contributed by atoms with Gasteiger partial charge in [0.05, 0.1) is 16.3 Å². The number of hydrogen-bond acceptors (Lipinski definition) is 3. The number of nitrogens with zero attached hydrogens (tertiary/aromatic N) is 1. The Morgan fingerprint density at radius 2 is 1.85 bits per heavy atom. The highest BCUT2D eigenvalue weighted by Crippen LogP contribution is 2.28. The average Bonchev–Trinajstić information content (AvgIpc) is 3.09. The van der Waals surface area contributed by atoms with Crippen molar-refractivity contribution in [1.82, 2.24) is 9.97 Å². The van der Waals surface area contributed by atoms with Crippen molar-refractivity contribution in [3.8, 4) is 0 Å². The third-order valence-corrected chi connectivity index (χ3v) is 5.58. The van der Waals surface area contributed by atoms with Gasteiger partial charge in [-0.25, -0.2) is 4.98 Å². The van der Waals surface area contributed by atoms with Gasteiger partial charge in [0.2, 0.25) is 5.91 Å². The van der Waals surface area contributed by atoms with E-state index >= 15 is 0 Å². The number of amides is 1. The summed E-state index contributed by atoms with van der Waals surface area (Å²) in [6.07, 6.45) is 0.721. The van der Waals surface area contributed by atoms with Crippen LogP contribution in [0.25, 0.3) is 21.8 Å². The van der Waals surface area contributed by atoms with E-state index in [4.69, 9.17) is 0 Å². The summed E-state index contributed by atoms with van der Waals surface area (Å²) in [5.41, 5.74) is 2.75. The van der Waals surface area contributed by atoms with Gasteiger partial charge in [-0.3, -0.25) is 4.79 Å². The highest BCUT2D eigenvalue weighted by Gasteiger charge is 2.20. The molecule has 130 valence electrons. The van der Waals surface area contributed by atoms with Crippen LogP contribution in [-0.2, 0) is 4.79 Å². The Labute approximate surface area is 156 Å². The summed E-state index contributed by atoms with van der Waals surface area (Å²) in [4.78, 5) is 20.7. The fourth-order valence-corrected chi connectivity index (χ4v) is 3.91. The molecule has 4 nitrogen and oxygen atoms in total.